The summed E-state index contributed by atoms with van der Waals surface area (Å²) >= 11 is 0. The van der Waals surface area contributed by atoms with Crippen molar-refractivity contribution in [2.75, 3.05) is 31.6 Å². The summed E-state index contributed by atoms with van der Waals surface area (Å²) in [6.45, 7) is 9.41. The van der Waals surface area contributed by atoms with Crippen molar-refractivity contribution in [1.29, 1.82) is 0 Å². The first-order valence-corrected chi connectivity index (χ1v) is 11.9. The number of rotatable bonds is 9. The van der Waals surface area contributed by atoms with Crippen LogP contribution in [0.1, 0.15) is 56.2 Å². The van der Waals surface area contributed by atoms with Crippen molar-refractivity contribution in [1.82, 2.24) is 25.1 Å². The Morgan fingerprint density at radius 1 is 1.22 bits per heavy atom. The van der Waals surface area contributed by atoms with E-state index in [-0.39, 0.29) is 11.7 Å². The molecule has 3 heterocycles. The molecule has 32 heavy (non-hydrogen) atoms. The van der Waals surface area contributed by atoms with Gasteiger partial charge in [0.2, 0.25) is 5.95 Å². The zero-order chi connectivity index (χ0) is 22.7. The van der Waals surface area contributed by atoms with E-state index in [1.54, 1.807) is 0 Å². The van der Waals surface area contributed by atoms with Crippen LogP contribution in [0.5, 0.6) is 0 Å². The van der Waals surface area contributed by atoms with Crippen LogP contribution in [0.2, 0.25) is 0 Å². The molecule has 7 heteroatoms. The third kappa shape index (κ3) is 5.21. The first-order valence-electron chi connectivity index (χ1n) is 11.9. The Hall–Kier alpha value is -2.67. The molecule has 0 amide bonds. The zero-order valence-corrected chi connectivity index (χ0v) is 19.8. The molecule has 3 aromatic rings. The average Bonchev–Trinajstić information content (AvgIpc) is 3.42. The minimum atomic E-state index is 0.0551. The van der Waals surface area contributed by atoms with E-state index >= 15 is 0 Å². The summed E-state index contributed by atoms with van der Waals surface area (Å²) in [5.74, 6) is 1.98. The largest absolute Gasteiger partial charge is 0.361 e. The second kappa shape index (κ2) is 9.86. The molecule has 2 unspecified atom stereocenters. The number of carbonyl (C=O) groups excluding carboxylic acids is 1. The van der Waals surface area contributed by atoms with Crippen molar-refractivity contribution in [3.8, 4) is 0 Å². The SMILES string of the molecule is CC(C)CCC(CC(=O)c1nc(N2CCN(C)C(C)C2)n[nH]1)Cc1c[nH]c2ccccc12. The van der Waals surface area contributed by atoms with Gasteiger partial charge in [-0.2, -0.15) is 4.98 Å². The fraction of sp³-hybridized carbons (Fsp3) is 0.560. The van der Waals surface area contributed by atoms with Crippen LogP contribution in [-0.2, 0) is 6.42 Å². The molecule has 7 nitrogen and oxygen atoms in total. The van der Waals surface area contributed by atoms with Crippen molar-refractivity contribution >= 4 is 22.6 Å². The summed E-state index contributed by atoms with van der Waals surface area (Å²) in [4.78, 5) is 25.6. The van der Waals surface area contributed by atoms with Crippen LogP contribution in [0.25, 0.3) is 10.9 Å². The number of nitrogens with zero attached hydrogens (tertiary/aromatic N) is 4. The Morgan fingerprint density at radius 3 is 2.81 bits per heavy atom. The quantitative estimate of drug-likeness (QED) is 0.489. The number of benzene rings is 1. The van der Waals surface area contributed by atoms with Crippen molar-refractivity contribution in [2.45, 2.75) is 52.5 Å². The Kier molecular flexibility index (Phi) is 6.94. The highest BCUT2D eigenvalue weighted by Gasteiger charge is 2.25. The first-order chi connectivity index (χ1) is 15.4. The van der Waals surface area contributed by atoms with Crippen LogP contribution >= 0.6 is 0 Å². The molecule has 4 rings (SSSR count). The molecule has 1 saturated heterocycles. The monoisotopic (exact) mass is 436 g/mol. The number of H-pyrrole nitrogens is 2. The maximum Gasteiger partial charge on any atom is 0.245 e. The van der Waals surface area contributed by atoms with Crippen molar-refractivity contribution in [3.63, 3.8) is 0 Å². The third-order valence-corrected chi connectivity index (χ3v) is 6.79. The number of hydrogen-bond donors (Lipinski definition) is 2. The number of para-hydroxylation sites is 1. The van der Waals surface area contributed by atoms with Crippen molar-refractivity contribution in [3.05, 3.63) is 41.9 Å². The summed E-state index contributed by atoms with van der Waals surface area (Å²) < 4.78 is 0. The van der Waals surface area contributed by atoms with Gasteiger partial charge >= 0.3 is 0 Å². The lowest BCUT2D eigenvalue weighted by atomic mass is 9.88. The van der Waals surface area contributed by atoms with E-state index in [2.05, 4.69) is 82.2 Å². The lowest BCUT2D eigenvalue weighted by Gasteiger charge is -2.37. The van der Waals surface area contributed by atoms with Gasteiger partial charge in [0.25, 0.3) is 0 Å². The van der Waals surface area contributed by atoms with E-state index in [0.717, 1.165) is 44.4 Å². The number of piperazine rings is 1. The number of Topliss-reactive ketones (excluding diaryl/α,β-unsaturated/α-hetero) is 1. The second-order valence-corrected chi connectivity index (χ2v) is 9.79. The van der Waals surface area contributed by atoms with Crippen LogP contribution in [-0.4, -0.2) is 63.6 Å². The van der Waals surface area contributed by atoms with Gasteiger partial charge in [0.15, 0.2) is 11.6 Å². The highest BCUT2D eigenvalue weighted by Crippen LogP contribution is 2.26. The molecule has 0 saturated carbocycles. The number of carbonyl (C=O) groups is 1. The first kappa shape index (κ1) is 22.5. The van der Waals surface area contributed by atoms with Crippen LogP contribution in [0.4, 0.5) is 5.95 Å². The zero-order valence-electron chi connectivity index (χ0n) is 19.8. The van der Waals surface area contributed by atoms with Crippen molar-refractivity contribution < 1.29 is 4.79 Å². The Balaban J connectivity index is 1.45. The summed E-state index contributed by atoms with van der Waals surface area (Å²) in [5, 5.41) is 8.53. The topological polar surface area (TPSA) is 80.9 Å². The van der Waals surface area contributed by atoms with Gasteiger partial charge in [-0.3, -0.25) is 9.89 Å². The minimum Gasteiger partial charge on any atom is -0.361 e. The van der Waals surface area contributed by atoms with Gasteiger partial charge in [0.1, 0.15) is 0 Å². The van der Waals surface area contributed by atoms with Gasteiger partial charge in [-0.15, -0.1) is 5.10 Å². The van der Waals surface area contributed by atoms with Crippen LogP contribution in [0, 0.1) is 11.8 Å². The standard InChI is InChI=1S/C25H36N6O/c1-17(2)9-10-19(13-20-15-26-22-8-6-5-7-21(20)22)14-23(32)24-27-25(29-28-24)31-12-11-30(4)18(3)16-31/h5-8,15,17-19,26H,9-14,16H2,1-4H3,(H,27,28,29). The van der Waals surface area contributed by atoms with E-state index < -0.39 is 0 Å². The smallest absolute Gasteiger partial charge is 0.245 e. The molecule has 0 radical (unpaired) electrons. The van der Waals surface area contributed by atoms with E-state index in [1.165, 1.54) is 10.9 Å². The molecule has 172 valence electrons. The molecule has 2 atom stereocenters. The van der Waals surface area contributed by atoms with E-state index in [1.807, 2.05) is 6.07 Å². The highest BCUT2D eigenvalue weighted by atomic mass is 16.1. The van der Waals surface area contributed by atoms with Gasteiger partial charge in [-0.05, 0) is 50.3 Å². The molecule has 1 aromatic carbocycles. The molecule has 0 aliphatic carbocycles. The molecule has 1 aliphatic heterocycles. The predicted molar refractivity (Wildman–Crippen MR) is 129 cm³/mol. The number of aromatic nitrogens is 4. The van der Waals surface area contributed by atoms with Gasteiger partial charge in [-0.1, -0.05) is 38.5 Å². The Morgan fingerprint density at radius 2 is 2.03 bits per heavy atom. The molecule has 0 bridgehead atoms. The number of nitrogens with one attached hydrogen (secondary N) is 2. The molecule has 0 spiro atoms. The summed E-state index contributed by atoms with van der Waals surface area (Å²) in [7, 11) is 2.14. The molecule has 2 N–H and O–H groups in total. The molecular formula is C25H36N6O. The maximum absolute atomic E-state index is 13.1. The van der Waals surface area contributed by atoms with Crippen LogP contribution in [0.3, 0.4) is 0 Å². The Bertz CT molecular complexity index is 1040. The van der Waals surface area contributed by atoms with Gasteiger partial charge in [-0.25, -0.2) is 0 Å². The van der Waals surface area contributed by atoms with Crippen LogP contribution < -0.4 is 4.90 Å². The van der Waals surface area contributed by atoms with E-state index in [4.69, 9.17) is 0 Å². The number of fused-ring (bicyclic) bond motifs is 1. The Labute approximate surface area is 190 Å². The predicted octanol–water partition coefficient (Wildman–Crippen LogP) is 4.29. The summed E-state index contributed by atoms with van der Waals surface area (Å²) in [6, 6.07) is 8.82. The third-order valence-electron chi connectivity index (χ3n) is 6.79. The molecular weight excluding hydrogens is 400 g/mol. The maximum atomic E-state index is 13.1. The fourth-order valence-corrected chi connectivity index (χ4v) is 4.56. The summed E-state index contributed by atoms with van der Waals surface area (Å²) in [5.41, 5.74) is 2.43. The normalized spacial score (nSPS) is 18.5. The molecule has 2 aromatic heterocycles. The second-order valence-electron chi connectivity index (χ2n) is 9.79. The highest BCUT2D eigenvalue weighted by molar-refractivity contribution is 5.93. The number of likely N-dealkylation sites (N-methyl/N-ethyl adjacent to an activating group) is 1. The van der Waals surface area contributed by atoms with Gasteiger partial charge < -0.3 is 14.8 Å². The van der Waals surface area contributed by atoms with Crippen LogP contribution in [0.15, 0.2) is 30.5 Å². The lowest BCUT2D eigenvalue weighted by molar-refractivity contribution is 0.0947. The number of aromatic amines is 2. The summed E-state index contributed by atoms with van der Waals surface area (Å²) in [6.07, 6.45) is 5.61. The molecule has 1 aliphatic rings. The van der Waals surface area contributed by atoms with Gasteiger partial charge in [0.05, 0.1) is 0 Å². The number of anilines is 1. The van der Waals surface area contributed by atoms with E-state index in [0.29, 0.717) is 30.2 Å². The van der Waals surface area contributed by atoms with Gasteiger partial charge in [0, 0.05) is 49.2 Å². The lowest BCUT2D eigenvalue weighted by Crippen LogP contribution is -2.50. The number of ketones is 1. The van der Waals surface area contributed by atoms with Crippen molar-refractivity contribution in [2.24, 2.45) is 11.8 Å². The minimum absolute atomic E-state index is 0.0551. The average molecular weight is 437 g/mol. The fourth-order valence-electron chi connectivity index (χ4n) is 4.56. The van der Waals surface area contributed by atoms with E-state index in [9.17, 15) is 4.79 Å². The number of hydrogen-bond acceptors (Lipinski definition) is 5. The molecule has 1 fully saturated rings.